The normalized spacial score (nSPS) is 11.8. The first-order valence-electron chi connectivity index (χ1n) is 8.18. The summed E-state index contributed by atoms with van der Waals surface area (Å²) in [7, 11) is -3.48. The van der Waals surface area contributed by atoms with Crippen molar-refractivity contribution in [2.75, 3.05) is 12.8 Å². The van der Waals surface area contributed by atoms with Crippen LogP contribution in [0.1, 0.15) is 24.2 Å². The monoisotopic (exact) mass is 372 g/mol. The minimum absolute atomic E-state index is 0.0593. The Kier molecular flexibility index (Phi) is 4.78. The molecule has 0 unspecified atom stereocenters. The van der Waals surface area contributed by atoms with Crippen molar-refractivity contribution in [1.29, 1.82) is 0 Å². The van der Waals surface area contributed by atoms with E-state index in [1.54, 1.807) is 28.9 Å². The first-order chi connectivity index (χ1) is 12.3. The Morgan fingerprint density at radius 2 is 1.88 bits per heavy atom. The van der Waals surface area contributed by atoms with Gasteiger partial charge in [0.2, 0.25) is 0 Å². The molecule has 2 aromatic heterocycles. The standard InChI is InChI=1S/C18H20N4O3S/c1-12(2)10-21-17(23)14-6-4-13(5-7-14)15-11-20-16-18(26(3,24)25)19-8-9-22(15)16/h4-9,11-12H,10H2,1-3H3,(H,21,23). The van der Waals surface area contributed by atoms with Crippen molar-refractivity contribution >= 4 is 21.4 Å². The molecule has 0 bridgehead atoms. The van der Waals surface area contributed by atoms with Gasteiger partial charge in [-0.15, -0.1) is 0 Å². The Balaban J connectivity index is 1.94. The van der Waals surface area contributed by atoms with Crippen LogP contribution in [0.3, 0.4) is 0 Å². The van der Waals surface area contributed by atoms with Gasteiger partial charge in [-0.1, -0.05) is 26.0 Å². The lowest BCUT2D eigenvalue weighted by atomic mass is 10.1. The number of carbonyl (C=O) groups is 1. The van der Waals surface area contributed by atoms with Crippen molar-refractivity contribution < 1.29 is 13.2 Å². The van der Waals surface area contributed by atoms with E-state index in [1.807, 2.05) is 26.0 Å². The molecule has 0 fully saturated rings. The first kappa shape index (κ1) is 18.1. The van der Waals surface area contributed by atoms with Gasteiger partial charge in [-0.05, 0) is 18.1 Å². The van der Waals surface area contributed by atoms with Crippen LogP contribution in [0.2, 0.25) is 0 Å². The summed E-state index contributed by atoms with van der Waals surface area (Å²) in [6, 6.07) is 7.11. The topological polar surface area (TPSA) is 93.4 Å². The number of aromatic nitrogens is 3. The van der Waals surface area contributed by atoms with Crippen molar-refractivity contribution in [2.24, 2.45) is 5.92 Å². The summed E-state index contributed by atoms with van der Waals surface area (Å²) in [6.45, 7) is 4.69. The zero-order valence-electron chi connectivity index (χ0n) is 14.8. The molecular weight excluding hydrogens is 352 g/mol. The van der Waals surface area contributed by atoms with E-state index in [4.69, 9.17) is 0 Å². The highest BCUT2D eigenvalue weighted by molar-refractivity contribution is 7.90. The Hall–Kier alpha value is -2.74. The summed E-state index contributed by atoms with van der Waals surface area (Å²) in [4.78, 5) is 20.3. The fourth-order valence-electron chi connectivity index (χ4n) is 2.56. The highest BCUT2D eigenvalue weighted by Crippen LogP contribution is 2.23. The smallest absolute Gasteiger partial charge is 0.251 e. The average molecular weight is 372 g/mol. The second-order valence-corrected chi connectivity index (χ2v) is 8.45. The van der Waals surface area contributed by atoms with Crippen molar-refractivity contribution in [3.05, 3.63) is 48.4 Å². The third-order valence-electron chi connectivity index (χ3n) is 3.86. The molecule has 0 radical (unpaired) electrons. The Morgan fingerprint density at radius 3 is 2.50 bits per heavy atom. The first-order valence-corrected chi connectivity index (χ1v) is 10.1. The maximum atomic E-state index is 12.1. The Morgan fingerprint density at radius 1 is 1.19 bits per heavy atom. The quantitative estimate of drug-likeness (QED) is 0.741. The van der Waals surface area contributed by atoms with Crippen molar-refractivity contribution in [1.82, 2.24) is 19.7 Å². The number of hydrogen-bond acceptors (Lipinski definition) is 5. The predicted octanol–water partition coefficient (Wildman–Crippen LogP) is 2.19. The molecule has 3 rings (SSSR count). The van der Waals surface area contributed by atoms with Gasteiger partial charge in [0.05, 0.1) is 11.9 Å². The van der Waals surface area contributed by atoms with E-state index >= 15 is 0 Å². The lowest BCUT2D eigenvalue weighted by Gasteiger charge is -2.08. The van der Waals surface area contributed by atoms with E-state index in [0.717, 1.165) is 17.5 Å². The molecule has 26 heavy (non-hydrogen) atoms. The summed E-state index contributed by atoms with van der Waals surface area (Å²) in [5.74, 6) is 0.265. The highest BCUT2D eigenvalue weighted by Gasteiger charge is 2.17. The van der Waals surface area contributed by atoms with Gasteiger partial charge in [0, 0.05) is 36.3 Å². The van der Waals surface area contributed by atoms with Gasteiger partial charge >= 0.3 is 0 Å². The van der Waals surface area contributed by atoms with Crippen molar-refractivity contribution in [2.45, 2.75) is 18.9 Å². The van der Waals surface area contributed by atoms with E-state index < -0.39 is 9.84 Å². The van der Waals surface area contributed by atoms with Crippen LogP contribution in [-0.2, 0) is 9.84 Å². The zero-order valence-corrected chi connectivity index (χ0v) is 15.6. The van der Waals surface area contributed by atoms with Crippen LogP contribution in [0.4, 0.5) is 0 Å². The molecule has 136 valence electrons. The second-order valence-electron chi connectivity index (χ2n) is 6.52. The van der Waals surface area contributed by atoms with Crippen LogP contribution in [0.15, 0.2) is 47.9 Å². The number of nitrogens with zero attached hydrogens (tertiary/aromatic N) is 3. The lowest BCUT2D eigenvalue weighted by molar-refractivity contribution is 0.0949. The van der Waals surface area contributed by atoms with Gasteiger partial charge in [-0.3, -0.25) is 9.20 Å². The summed E-state index contributed by atoms with van der Waals surface area (Å²) >= 11 is 0. The molecule has 0 atom stereocenters. The maximum Gasteiger partial charge on any atom is 0.251 e. The number of hydrogen-bond donors (Lipinski definition) is 1. The van der Waals surface area contributed by atoms with Crippen LogP contribution in [0.25, 0.3) is 16.9 Å². The molecule has 0 aliphatic carbocycles. The molecular formula is C18H20N4O3S. The molecule has 0 spiro atoms. The number of sulfone groups is 1. The number of nitrogens with one attached hydrogen (secondary N) is 1. The molecule has 2 heterocycles. The Labute approximate surface area is 152 Å². The van der Waals surface area contributed by atoms with Crippen LogP contribution in [0.5, 0.6) is 0 Å². The van der Waals surface area contributed by atoms with E-state index in [-0.39, 0.29) is 16.6 Å². The van der Waals surface area contributed by atoms with Gasteiger partial charge in [0.1, 0.15) is 0 Å². The average Bonchev–Trinajstić information content (AvgIpc) is 3.02. The van der Waals surface area contributed by atoms with E-state index in [2.05, 4.69) is 15.3 Å². The van der Waals surface area contributed by atoms with Gasteiger partial charge in [-0.2, -0.15) is 0 Å². The highest BCUT2D eigenvalue weighted by atomic mass is 32.2. The molecule has 0 saturated carbocycles. The number of rotatable bonds is 5. The van der Waals surface area contributed by atoms with Crippen molar-refractivity contribution in [3.63, 3.8) is 0 Å². The third-order valence-corrected chi connectivity index (χ3v) is 4.85. The number of fused-ring (bicyclic) bond motifs is 1. The summed E-state index contributed by atoms with van der Waals surface area (Å²) in [5.41, 5.74) is 2.40. The molecule has 8 heteroatoms. The fourth-order valence-corrected chi connectivity index (χ4v) is 3.30. The van der Waals surface area contributed by atoms with Crippen molar-refractivity contribution in [3.8, 4) is 11.3 Å². The zero-order chi connectivity index (χ0) is 18.9. The predicted molar refractivity (Wildman–Crippen MR) is 98.7 cm³/mol. The molecule has 0 aliphatic rings. The Bertz CT molecular complexity index is 1050. The second kappa shape index (κ2) is 6.87. The van der Waals surface area contributed by atoms with E-state index in [0.29, 0.717) is 18.0 Å². The number of amides is 1. The third kappa shape index (κ3) is 3.60. The summed E-state index contributed by atoms with van der Waals surface area (Å²) in [5, 5.41) is 2.82. The lowest BCUT2D eigenvalue weighted by Crippen LogP contribution is -2.27. The molecule has 7 nitrogen and oxygen atoms in total. The largest absolute Gasteiger partial charge is 0.352 e. The molecule has 3 aromatic rings. The maximum absolute atomic E-state index is 12.1. The van der Waals surface area contributed by atoms with Crippen LogP contribution in [-0.4, -0.2) is 41.5 Å². The van der Waals surface area contributed by atoms with E-state index in [9.17, 15) is 13.2 Å². The van der Waals surface area contributed by atoms with Crippen LogP contribution in [0, 0.1) is 5.92 Å². The van der Waals surface area contributed by atoms with E-state index in [1.165, 1.54) is 6.20 Å². The molecule has 1 N–H and O–H groups in total. The SMILES string of the molecule is CC(C)CNC(=O)c1ccc(-c2cnc3c(S(C)(=O)=O)nccn23)cc1. The summed E-state index contributed by atoms with van der Waals surface area (Å²) < 4.78 is 25.4. The van der Waals surface area contributed by atoms with Gasteiger partial charge in [-0.25, -0.2) is 18.4 Å². The number of carbonyl (C=O) groups excluding carboxylic acids is 1. The van der Waals surface area contributed by atoms with Crippen LogP contribution >= 0.6 is 0 Å². The van der Waals surface area contributed by atoms with Gasteiger partial charge < -0.3 is 5.32 Å². The molecule has 1 aromatic carbocycles. The molecule has 0 aliphatic heterocycles. The number of benzene rings is 1. The number of imidazole rings is 1. The van der Waals surface area contributed by atoms with Gasteiger partial charge in [0.25, 0.3) is 5.91 Å². The minimum Gasteiger partial charge on any atom is -0.352 e. The molecule has 1 amide bonds. The summed E-state index contributed by atoms with van der Waals surface area (Å²) in [6.07, 6.45) is 5.80. The molecule has 0 saturated heterocycles. The fraction of sp³-hybridized carbons (Fsp3) is 0.278. The van der Waals surface area contributed by atoms with Crippen LogP contribution < -0.4 is 5.32 Å². The van der Waals surface area contributed by atoms with Gasteiger partial charge in [0.15, 0.2) is 20.5 Å². The minimum atomic E-state index is -3.48.